The fourth-order valence-electron chi connectivity index (χ4n) is 4.42. The zero-order chi connectivity index (χ0) is 24.0. The van der Waals surface area contributed by atoms with Crippen molar-refractivity contribution in [2.24, 2.45) is 0 Å². The Bertz CT molecular complexity index is 1380. The Balaban J connectivity index is 1.32. The van der Waals surface area contributed by atoms with Gasteiger partial charge in [0.25, 0.3) is 11.8 Å². The van der Waals surface area contributed by atoms with Crippen molar-refractivity contribution in [1.29, 1.82) is 0 Å². The average Bonchev–Trinajstić information content (AvgIpc) is 3.38. The maximum absolute atomic E-state index is 13.0. The molecule has 2 aliphatic rings. The number of hydrogen-bond acceptors (Lipinski definition) is 7. The predicted molar refractivity (Wildman–Crippen MR) is 131 cm³/mol. The summed E-state index contributed by atoms with van der Waals surface area (Å²) in [7, 11) is -1.32. The molecule has 3 N–H and O–H groups in total. The Kier molecular flexibility index (Phi) is 6.13. The van der Waals surface area contributed by atoms with Crippen LogP contribution in [0.3, 0.4) is 0 Å². The molecule has 1 aromatic carbocycles. The third-order valence-electron chi connectivity index (χ3n) is 6.24. The molecule has 0 aliphatic carbocycles. The maximum atomic E-state index is 13.0. The third-order valence-corrected chi connectivity index (χ3v) is 9.28. The topological polar surface area (TPSA) is 124 Å². The van der Waals surface area contributed by atoms with Crippen LogP contribution in [0.15, 0.2) is 24.3 Å². The van der Waals surface area contributed by atoms with E-state index in [9.17, 15) is 18.0 Å². The highest BCUT2D eigenvalue weighted by Crippen LogP contribution is 2.25. The molecule has 0 spiro atoms. The number of aromatic nitrogens is 2. The first-order chi connectivity index (χ1) is 16.2. The minimum Gasteiger partial charge on any atom is -0.351 e. The summed E-state index contributed by atoms with van der Waals surface area (Å²) in [5.74, 6) is -1.07. The molecule has 180 valence electrons. The fraction of sp³-hybridized carbons (Fsp3) is 0.409. The number of benzene rings is 1. The van der Waals surface area contributed by atoms with Gasteiger partial charge in [-0.05, 0) is 37.7 Å². The van der Waals surface area contributed by atoms with Crippen molar-refractivity contribution >= 4 is 55.5 Å². The molecule has 2 atom stereocenters. The van der Waals surface area contributed by atoms with Gasteiger partial charge in [-0.3, -0.25) is 9.59 Å². The first-order valence-corrected chi connectivity index (χ1v) is 14.0. The summed E-state index contributed by atoms with van der Waals surface area (Å²) in [6, 6.07) is 5.69. The SMILES string of the molecule is CN1CCc2nc(C(=O)NC3CS(=O)(=O)CCC3NC(=O)c3cc4cc(Cl)ccc4[nH]3)sc2C1. The zero-order valence-corrected chi connectivity index (χ0v) is 20.8. The number of aromatic amines is 1. The Labute approximate surface area is 205 Å². The van der Waals surface area contributed by atoms with Crippen molar-refractivity contribution < 1.29 is 18.0 Å². The molecular formula is C22H24ClN5O4S2. The van der Waals surface area contributed by atoms with Crippen LogP contribution >= 0.6 is 22.9 Å². The molecule has 3 aromatic rings. The van der Waals surface area contributed by atoms with Gasteiger partial charge in [0.2, 0.25) is 0 Å². The van der Waals surface area contributed by atoms with Crippen molar-refractivity contribution in [2.45, 2.75) is 31.5 Å². The monoisotopic (exact) mass is 521 g/mol. The molecule has 4 heterocycles. The van der Waals surface area contributed by atoms with E-state index in [0.717, 1.165) is 41.0 Å². The van der Waals surface area contributed by atoms with E-state index in [-0.39, 0.29) is 23.8 Å². The summed E-state index contributed by atoms with van der Waals surface area (Å²) in [6.07, 6.45) is 0.992. The second-order valence-electron chi connectivity index (χ2n) is 8.85. The van der Waals surface area contributed by atoms with E-state index < -0.39 is 27.8 Å². The van der Waals surface area contributed by atoms with Crippen LogP contribution in [0.25, 0.3) is 10.9 Å². The van der Waals surface area contributed by atoms with Gasteiger partial charge in [-0.15, -0.1) is 11.3 Å². The number of rotatable bonds is 4. The number of carbonyl (C=O) groups excluding carboxylic acids is 2. The van der Waals surface area contributed by atoms with E-state index in [2.05, 4.69) is 25.5 Å². The average molecular weight is 522 g/mol. The molecule has 9 nitrogen and oxygen atoms in total. The lowest BCUT2D eigenvalue weighted by molar-refractivity contribution is 0.0882. The summed E-state index contributed by atoms with van der Waals surface area (Å²) in [6.45, 7) is 1.62. The van der Waals surface area contributed by atoms with Gasteiger partial charge in [-0.2, -0.15) is 0 Å². The van der Waals surface area contributed by atoms with Gasteiger partial charge < -0.3 is 20.5 Å². The highest BCUT2D eigenvalue weighted by molar-refractivity contribution is 7.91. The highest BCUT2D eigenvalue weighted by Gasteiger charge is 2.36. The van der Waals surface area contributed by atoms with E-state index in [1.807, 2.05) is 7.05 Å². The molecule has 1 fully saturated rings. The minimum atomic E-state index is -3.34. The number of nitrogens with one attached hydrogen (secondary N) is 3. The number of nitrogens with zero attached hydrogens (tertiary/aromatic N) is 2. The van der Waals surface area contributed by atoms with E-state index >= 15 is 0 Å². The second kappa shape index (κ2) is 8.95. The van der Waals surface area contributed by atoms with Crippen molar-refractivity contribution in [3.8, 4) is 0 Å². The second-order valence-corrected chi connectivity index (χ2v) is 12.6. The summed E-state index contributed by atoms with van der Waals surface area (Å²) in [4.78, 5) is 36.7. The molecule has 2 aliphatic heterocycles. The van der Waals surface area contributed by atoms with Crippen LogP contribution in [0.5, 0.6) is 0 Å². The number of carbonyl (C=O) groups is 2. The molecule has 2 aromatic heterocycles. The van der Waals surface area contributed by atoms with Crippen LogP contribution in [0.1, 0.15) is 37.3 Å². The summed E-state index contributed by atoms with van der Waals surface area (Å²) < 4.78 is 24.6. The first kappa shape index (κ1) is 23.3. The molecule has 34 heavy (non-hydrogen) atoms. The van der Waals surface area contributed by atoms with Crippen LogP contribution in [-0.4, -0.2) is 72.3 Å². The number of thiazole rings is 1. The molecule has 5 rings (SSSR count). The van der Waals surface area contributed by atoms with Gasteiger partial charge in [0.1, 0.15) is 5.69 Å². The summed E-state index contributed by atoms with van der Waals surface area (Å²) in [5.41, 5.74) is 2.03. The van der Waals surface area contributed by atoms with Crippen molar-refractivity contribution in [3.63, 3.8) is 0 Å². The molecule has 0 saturated carbocycles. The number of amides is 2. The summed E-state index contributed by atoms with van der Waals surface area (Å²) in [5, 5.41) is 7.41. The molecule has 12 heteroatoms. The number of H-pyrrole nitrogens is 1. The van der Waals surface area contributed by atoms with Crippen LogP contribution in [0.4, 0.5) is 0 Å². The number of likely N-dealkylation sites (N-methyl/N-ethyl adjacent to an activating group) is 1. The van der Waals surface area contributed by atoms with Crippen LogP contribution in [0, 0.1) is 0 Å². The van der Waals surface area contributed by atoms with Gasteiger partial charge >= 0.3 is 0 Å². The van der Waals surface area contributed by atoms with E-state index in [4.69, 9.17) is 11.6 Å². The largest absolute Gasteiger partial charge is 0.351 e. The lowest BCUT2D eigenvalue weighted by atomic mass is 10.1. The van der Waals surface area contributed by atoms with Gasteiger partial charge in [-0.1, -0.05) is 11.6 Å². The van der Waals surface area contributed by atoms with Gasteiger partial charge in [0.05, 0.1) is 29.3 Å². The number of halogens is 1. The normalized spacial score (nSPS) is 22.3. The molecule has 0 bridgehead atoms. The smallest absolute Gasteiger partial charge is 0.280 e. The van der Waals surface area contributed by atoms with E-state index in [0.29, 0.717) is 15.7 Å². The van der Waals surface area contributed by atoms with Crippen molar-refractivity contribution in [3.05, 3.63) is 50.6 Å². The maximum Gasteiger partial charge on any atom is 0.280 e. The molecule has 2 unspecified atom stereocenters. The molecular weight excluding hydrogens is 498 g/mol. The number of sulfone groups is 1. The van der Waals surface area contributed by atoms with Crippen LogP contribution in [-0.2, 0) is 22.8 Å². The first-order valence-electron chi connectivity index (χ1n) is 10.9. The number of hydrogen-bond donors (Lipinski definition) is 3. The van der Waals surface area contributed by atoms with E-state index in [1.54, 1.807) is 24.3 Å². The fourth-order valence-corrected chi connectivity index (χ4v) is 7.33. The third kappa shape index (κ3) is 4.83. The quantitative estimate of drug-likeness (QED) is 0.482. The minimum absolute atomic E-state index is 0.0511. The molecule has 0 radical (unpaired) electrons. The van der Waals surface area contributed by atoms with Crippen LogP contribution in [0.2, 0.25) is 5.02 Å². The Morgan fingerprint density at radius 3 is 2.82 bits per heavy atom. The lowest BCUT2D eigenvalue weighted by Gasteiger charge is -2.32. The highest BCUT2D eigenvalue weighted by atomic mass is 35.5. The van der Waals surface area contributed by atoms with Crippen molar-refractivity contribution in [1.82, 2.24) is 25.5 Å². The van der Waals surface area contributed by atoms with Crippen molar-refractivity contribution in [2.75, 3.05) is 25.1 Å². The number of fused-ring (bicyclic) bond motifs is 2. The molecule has 1 saturated heterocycles. The van der Waals surface area contributed by atoms with Gasteiger partial charge in [0.15, 0.2) is 14.8 Å². The standard InChI is InChI=1S/C22H24ClN5O4S2/c1-28-6-4-16-19(10-28)33-22(27-16)21(30)26-18-11-34(31,32)7-5-15(18)25-20(29)17-9-12-8-13(23)2-3-14(12)24-17/h2-3,8-9,15,18,24H,4-7,10-11H2,1H3,(H,25,29)(H,26,30). The van der Waals surface area contributed by atoms with E-state index in [1.165, 1.54) is 11.3 Å². The van der Waals surface area contributed by atoms with Gasteiger partial charge in [0, 0.05) is 40.3 Å². The van der Waals surface area contributed by atoms with Gasteiger partial charge in [-0.25, -0.2) is 13.4 Å². The Morgan fingerprint density at radius 1 is 1.21 bits per heavy atom. The molecule has 2 amide bonds. The Morgan fingerprint density at radius 2 is 2.00 bits per heavy atom. The Hall–Kier alpha value is -2.47. The lowest BCUT2D eigenvalue weighted by Crippen LogP contribution is -2.58. The predicted octanol–water partition coefficient (Wildman–Crippen LogP) is 1.98. The summed E-state index contributed by atoms with van der Waals surface area (Å²) >= 11 is 7.36. The zero-order valence-electron chi connectivity index (χ0n) is 18.4. The van der Waals surface area contributed by atoms with Crippen LogP contribution < -0.4 is 10.6 Å².